The largest absolute Gasteiger partial charge is 0.0764 e. The minimum absolute atomic E-state index is 0.382. The minimum atomic E-state index is 0.382. The maximum atomic E-state index is 2.46. The molecule has 0 aromatic heterocycles. The zero-order valence-electron chi connectivity index (χ0n) is 20.7. The molecule has 3 aliphatic rings. The molecule has 7 rings (SSSR count). The SMILES string of the molecule is CC1=CC=C2c3c(-c4ccccc4)cc(-c4cccc(C)c4)c(-c4ccccc4)c3C3=CC=CC1C23. The summed E-state index contributed by atoms with van der Waals surface area (Å²) in [5, 5.41) is 0. The summed E-state index contributed by atoms with van der Waals surface area (Å²) in [4.78, 5) is 0. The fraction of sp³-hybridized carbons (Fsp3) is 0.111. The van der Waals surface area contributed by atoms with Gasteiger partial charge in [-0.3, -0.25) is 0 Å². The van der Waals surface area contributed by atoms with Crippen molar-refractivity contribution in [2.45, 2.75) is 13.8 Å². The van der Waals surface area contributed by atoms with Gasteiger partial charge in [0.2, 0.25) is 0 Å². The summed E-state index contributed by atoms with van der Waals surface area (Å²) < 4.78 is 0. The third-order valence-corrected chi connectivity index (χ3v) is 8.06. The van der Waals surface area contributed by atoms with Gasteiger partial charge in [0, 0.05) is 11.8 Å². The number of hydrogen-bond acceptors (Lipinski definition) is 0. The van der Waals surface area contributed by atoms with Crippen LogP contribution in [0, 0.1) is 18.8 Å². The Balaban J connectivity index is 1.66. The third-order valence-electron chi connectivity index (χ3n) is 8.06. The number of fused-ring (bicyclic) bond motifs is 3. The first kappa shape index (κ1) is 21.1. The Bertz CT molecular complexity index is 1620. The van der Waals surface area contributed by atoms with E-state index in [2.05, 4.69) is 135 Å². The van der Waals surface area contributed by atoms with E-state index in [-0.39, 0.29) is 0 Å². The molecule has 0 saturated heterocycles. The van der Waals surface area contributed by atoms with Gasteiger partial charge >= 0.3 is 0 Å². The fourth-order valence-electron chi connectivity index (χ4n) is 6.44. The molecular weight excluding hydrogens is 432 g/mol. The molecular formula is C36H28. The Morgan fingerprint density at radius 1 is 0.528 bits per heavy atom. The van der Waals surface area contributed by atoms with E-state index in [0.29, 0.717) is 11.8 Å². The minimum Gasteiger partial charge on any atom is -0.0764 e. The zero-order valence-corrected chi connectivity index (χ0v) is 20.7. The van der Waals surface area contributed by atoms with Crippen molar-refractivity contribution in [3.05, 3.63) is 144 Å². The maximum Gasteiger partial charge on any atom is 0.0202 e. The van der Waals surface area contributed by atoms with Crippen molar-refractivity contribution >= 4 is 11.1 Å². The molecule has 2 atom stereocenters. The molecule has 172 valence electrons. The molecule has 0 heterocycles. The van der Waals surface area contributed by atoms with E-state index in [1.807, 2.05) is 0 Å². The second-order valence-electron chi connectivity index (χ2n) is 10.2. The van der Waals surface area contributed by atoms with Gasteiger partial charge in [0.05, 0.1) is 0 Å². The number of benzene rings is 4. The lowest BCUT2D eigenvalue weighted by Crippen LogP contribution is -2.17. The smallest absolute Gasteiger partial charge is 0.0202 e. The van der Waals surface area contributed by atoms with E-state index in [4.69, 9.17) is 0 Å². The third kappa shape index (κ3) is 3.14. The predicted molar refractivity (Wildman–Crippen MR) is 153 cm³/mol. The highest BCUT2D eigenvalue weighted by molar-refractivity contribution is 6.10. The van der Waals surface area contributed by atoms with Gasteiger partial charge in [-0.15, -0.1) is 0 Å². The molecule has 0 bridgehead atoms. The van der Waals surface area contributed by atoms with Gasteiger partial charge in [-0.05, 0) is 75.6 Å². The van der Waals surface area contributed by atoms with Gasteiger partial charge in [-0.1, -0.05) is 126 Å². The molecule has 2 unspecified atom stereocenters. The van der Waals surface area contributed by atoms with E-state index < -0.39 is 0 Å². The molecule has 0 N–H and O–H groups in total. The van der Waals surface area contributed by atoms with Crippen molar-refractivity contribution in [2.24, 2.45) is 11.8 Å². The number of hydrogen-bond donors (Lipinski definition) is 0. The topological polar surface area (TPSA) is 0 Å². The predicted octanol–water partition coefficient (Wildman–Crippen LogP) is 9.54. The van der Waals surface area contributed by atoms with Crippen molar-refractivity contribution < 1.29 is 0 Å². The van der Waals surface area contributed by atoms with E-state index in [9.17, 15) is 0 Å². The van der Waals surface area contributed by atoms with Crippen LogP contribution in [0.5, 0.6) is 0 Å². The fourth-order valence-corrected chi connectivity index (χ4v) is 6.44. The van der Waals surface area contributed by atoms with Gasteiger partial charge < -0.3 is 0 Å². The Morgan fingerprint density at radius 3 is 1.94 bits per heavy atom. The van der Waals surface area contributed by atoms with Crippen LogP contribution in [0.4, 0.5) is 0 Å². The molecule has 0 saturated carbocycles. The molecule has 0 aliphatic heterocycles. The van der Waals surface area contributed by atoms with Gasteiger partial charge in [0.25, 0.3) is 0 Å². The lowest BCUT2D eigenvalue weighted by Gasteiger charge is -2.30. The molecule has 0 spiro atoms. The molecule has 4 aromatic carbocycles. The van der Waals surface area contributed by atoms with Crippen molar-refractivity contribution in [1.29, 1.82) is 0 Å². The summed E-state index contributed by atoms with van der Waals surface area (Å²) in [7, 11) is 0. The van der Waals surface area contributed by atoms with Crippen LogP contribution < -0.4 is 0 Å². The van der Waals surface area contributed by atoms with E-state index in [1.54, 1.807) is 0 Å². The first-order valence-corrected chi connectivity index (χ1v) is 12.9. The van der Waals surface area contributed by atoms with E-state index >= 15 is 0 Å². The van der Waals surface area contributed by atoms with Crippen LogP contribution in [-0.4, -0.2) is 0 Å². The van der Waals surface area contributed by atoms with Crippen LogP contribution in [0.15, 0.2) is 127 Å². The molecule has 4 aromatic rings. The van der Waals surface area contributed by atoms with Crippen LogP contribution in [0.2, 0.25) is 0 Å². The Morgan fingerprint density at radius 2 is 1.19 bits per heavy atom. The lowest BCUT2D eigenvalue weighted by molar-refractivity contribution is 0.665. The standard InChI is InChI=1S/C36H28/c1-23-11-9-16-27(21-23)32-22-31(25-12-5-3-6-13-25)35-30-20-19-24(2)28-17-10-18-29(34(28)30)36(35)33(32)26-14-7-4-8-15-26/h3-22,28,34H,1-2H3. The van der Waals surface area contributed by atoms with Crippen molar-refractivity contribution in [3.63, 3.8) is 0 Å². The highest BCUT2D eigenvalue weighted by atomic mass is 14.4. The zero-order chi connectivity index (χ0) is 24.2. The summed E-state index contributed by atoms with van der Waals surface area (Å²) in [5.41, 5.74) is 16.3. The van der Waals surface area contributed by atoms with Gasteiger partial charge in [0.1, 0.15) is 0 Å². The molecule has 0 nitrogen and oxygen atoms in total. The first-order valence-electron chi connectivity index (χ1n) is 12.9. The second kappa shape index (κ2) is 8.21. The van der Waals surface area contributed by atoms with Crippen LogP contribution in [0.3, 0.4) is 0 Å². The maximum absolute atomic E-state index is 2.46. The highest BCUT2D eigenvalue weighted by Gasteiger charge is 2.42. The Kier molecular flexibility index (Phi) is 4.82. The Hall–Kier alpha value is -4.16. The van der Waals surface area contributed by atoms with Crippen molar-refractivity contribution in [2.75, 3.05) is 0 Å². The van der Waals surface area contributed by atoms with Gasteiger partial charge in [-0.2, -0.15) is 0 Å². The second-order valence-corrected chi connectivity index (χ2v) is 10.2. The van der Waals surface area contributed by atoms with Gasteiger partial charge in [0.15, 0.2) is 0 Å². The van der Waals surface area contributed by atoms with Crippen molar-refractivity contribution in [1.82, 2.24) is 0 Å². The summed E-state index contributed by atoms with van der Waals surface area (Å²) >= 11 is 0. The van der Waals surface area contributed by atoms with Crippen LogP contribution in [-0.2, 0) is 0 Å². The summed E-state index contributed by atoms with van der Waals surface area (Å²) in [6.07, 6.45) is 11.8. The molecule has 0 heteroatoms. The molecule has 0 radical (unpaired) electrons. The van der Waals surface area contributed by atoms with Crippen molar-refractivity contribution in [3.8, 4) is 33.4 Å². The quantitative estimate of drug-likeness (QED) is 0.285. The molecule has 36 heavy (non-hydrogen) atoms. The average molecular weight is 461 g/mol. The van der Waals surface area contributed by atoms with Crippen LogP contribution >= 0.6 is 0 Å². The first-order chi connectivity index (χ1) is 17.7. The number of rotatable bonds is 3. The summed E-state index contributed by atoms with van der Waals surface area (Å²) in [6.45, 7) is 4.46. The van der Waals surface area contributed by atoms with Gasteiger partial charge in [-0.25, -0.2) is 0 Å². The number of aryl methyl sites for hydroxylation is 1. The lowest BCUT2D eigenvalue weighted by atomic mass is 9.74. The van der Waals surface area contributed by atoms with Crippen LogP contribution in [0.1, 0.15) is 23.6 Å². The molecule has 0 fully saturated rings. The highest BCUT2D eigenvalue weighted by Crippen LogP contribution is 2.60. The average Bonchev–Trinajstić information content (AvgIpc) is 3.26. The Labute approximate surface area is 213 Å². The molecule has 3 aliphatic carbocycles. The monoisotopic (exact) mass is 460 g/mol. The summed E-state index contributed by atoms with van der Waals surface area (Å²) in [5.74, 6) is 0.805. The normalized spacial score (nSPS) is 19.2. The van der Waals surface area contributed by atoms with E-state index in [0.717, 1.165) is 0 Å². The molecule has 0 amide bonds. The van der Waals surface area contributed by atoms with E-state index in [1.165, 1.54) is 66.8 Å². The summed E-state index contributed by atoms with van der Waals surface area (Å²) in [6, 6.07) is 33.3. The number of allylic oxidation sites excluding steroid dienone is 8. The van der Waals surface area contributed by atoms with Crippen LogP contribution in [0.25, 0.3) is 44.5 Å².